The van der Waals surface area contributed by atoms with Crippen LogP contribution in [0.3, 0.4) is 0 Å². The molecule has 0 fully saturated rings. The predicted octanol–water partition coefficient (Wildman–Crippen LogP) is 10.4. The van der Waals surface area contributed by atoms with Gasteiger partial charge >= 0.3 is 5.97 Å². The van der Waals surface area contributed by atoms with E-state index in [2.05, 4.69) is 68.4 Å². The molecule has 0 aliphatic heterocycles. The molecule has 16 nitrogen and oxygen atoms in total. The molecule has 0 aliphatic carbocycles. The van der Waals surface area contributed by atoms with Gasteiger partial charge in [-0.05, 0) is 132 Å². The lowest BCUT2D eigenvalue weighted by Gasteiger charge is -2.19. The Morgan fingerprint density at radius 1 is 0.562 bits per heavy atom. The van der Waals surface area contributed by atoms with Crippen LogP contribution in [0.15, 0.2) is 107 Å². The molecule has 8 rings (SSSR count). The minimum atomic E-state index is -1.09. The molecule has 4 aromatic carbocycles. The Morgan fingerprint density at radius 2 is 0.950 bits per heavy atom. The fourth-order valence-corrected chi connectivity index (χ4v) is 9.38. The van der Waals surface area contributed by atoms with Gasteiger partial charge in [0.25, 0.3) is 17.0 Å². The standard InChI is InChI=1S/C32H38F2N6O2.C28H29F2N5O3/c1-6-39(7-2)18-10-17-35-32-37-28(22-11-8-12-23(21(22)5)31(42)36-19-20(3)4)24-15-16-27(41)40(30(24)38-32)29-25(33)13-9-14-26(29)34;1-4-34(5-2)16-8-15-31-28-32-24(18-9-6-10-19(17(18)3)27(37)38)20-13-14-23(36)35(26(20)33-28)25-21(29)11-7-12-22(25)30/h8-9,11-16,20H,6-7,10,17-19H2,1-5H3,(H,36,42)(H,35,37,38);6-7,9-14H,4-5,8,15-16H2,1-3H3,(H,37,38)(H,31,32,33). The Bertz CT molecular complexity index is 3620. The molecule has 0 radical (unpaired) electrons. The number of hydrogen-bond acceptors (Lipinski definition) is 12. The van der Waals surface area contributed by atoms with E-state index in [1.54, 1.807) is 37.3 Å². The van der Waals surface area contributed by atoms with Crippen molar-refractivity contribution in [3.8, 4) is 33.9 Å². The largest absolute Gasteiger partial charge is 0.478 e. The van der Waals surface area contributed by atoms with Crippen LogP contribution in [0, 0.1) is 43.0 Å². The number of benzene rings is 4. The highest BCUT2D eigenvalue weighted by molar-refractivity contribution is 6.00. The van der Waals surface area contributed by atoms with Gasteiger partial charge in [-0.1, -0.05) is 77.9 Å². The van der Waals surface area contributed by atoms with E-state index >= 15 is 0 Å². The summed E-state index contributed by atoms with van der Waals surface area (Å²) >= 11 is 0. The average molecular weight is 1100 g/mol. The second-order valence-electron chi connectivity index (χ2n) is 19.4. The topological polar surface area (TPSA) is 192 Å². The van der Waals surface area contributed by atoms with Crippen LogP contribution in [-0.2, 0) is 0 Å². The van der Waals surface area contributed by atoms with Crippen molar-refractivity contribution in [3.63, 3.8) is 0 Å². The van der Waals surface area contributed by atoms with Crippen molar-refractivity contribution in [3.05, 3.63) is 163 Å². The van der Waals surface area contributed by atoms with Crippen molar-refractivity contribution in [2.45, 2.75) is 68.2 Å². The number of aromatic nitrogens is 6. The summed E-state index contributed by atoms with van der Waals surface area (Å²) < 4.78 is 61.5. The highest BCUT2D eigenvalue weighted by Gasteiger charge is 2.24. The molecule has 4 aromatic heterocycles. The number of anilines is 2. The van der Waals surface area contributed by atoms with Crippen LogP contribution in [0.5, 0.6) is 0 Å². The smallest absolute Gasteiger partial charge is 0.335 e. The summed E-state index contributed by atoms with van der Waals surface area (Å²) in [4.78, 5) is 74.1. The van der Waals surface area contributed by atoms with Gasteiger partial charge in [0, 0.05) is 59.2 Å². The number of rotatable bonds is 22. The maximum atomic E-state index is 15.0. The summed E-state index contributed by atoms with van der Waals surface area (Å²) in [5.74, 6) is -4.27. The second-order valence-corrected chi connectivity index (χ2v) is 19.4. The van der Waals surface area contributed by atoms with E-state index in [1.165, 1.54) is 36.4 Å². The van der Waals surface area contributed by atoms with Gasteiger partial charge < -0.3 is 30.9 Å². The maximum absolute atomic E-state index is 15.0. The molecule has 420 valence electrons. The lowest BCUT2D eigenvalue weighted by Crippen LogP contribution is -2.28. The summed E-state index contributed by atoms with van der Waals surface area (Å²) in [5.41, 5.74) is 1.33. The van der Waals surface area contributed by atoms with Gasteiger partial charge in [0.15, 0.2) is 11.3 Å². The molecule has 0 aliphatic rings. The van der Waals surface area contributed by atoms with E-state index in [0.29, 0.717) is 69.6 Å². The first-order chi connectivity index (χ1) is 38.4. The molecule has 0 atom stereocenters. The van der Waals surface area contributed by atoms with Gasteiger partial charge in [-0.15, -0.1) is 0 Å². The number of carboxylic acid groups (broad SMARTS) is 1. The Labute approximate surface area is 461 Å². The molecular formula is C60H67F4N11O5. The van der Waals surface area contributed by atoms with Crippen LogP contribution in [0.25, 0.3) is 56.0 Å². The number of halogens is 4. The Balaban J connectivity index is 0.000000232. The van der Waals surface area contributed by atoms with Gasteiger partial charge in [-0.25, -0.2) is 32.3 Å². The zero-order valence-corrected chi connectivity index (χ0v) is 46.3. The second kappa shape index (κ2) is 27.0. The number of hydrogen-bond donors (Lipinski definition) is 4. The fraction of sp³-hybridized carbons (Fsp3) is 0.333. The Kier molecular flexibility index (Phi) is 20.0. The van der Waals surface area contributed by atoms with Crippen molar-refractivity contribution in [1.82, 2.24) is 44.2 Å². The zero-order chi connectivity index (χ0) is 57.8. The number of carbonyl (C=O) groups is 2. The number of carboxylic acids is 1. The van der Waals surface area contributed by atoms with Crippen molar-refractivity contribution in [2.24, 2.45) is 5.92 Å². The molecule has 0 saturated heterocycles. The molecule has 8 aromatic rings. The number of nitrogens with one attached hydrogen (secondary N) is 3. The van der Waals surface area contributed by atoms with Crippen LogP contribution >= 0.6 is 0 Å². The minimum absolute atomic E-state index is 0.00197. The van der Waals surface area contributed by atoms with Crippen LogP contribution < -0.4 is 27.1 Å². The molecule has 80 heavy (non-hydrogen) atoms. The number of aromatic carboxylic acids is 1. The zero-order valence-electron chi connectivity index (χ0n) is 46.3. The lowest BCUT2D eigenvalue weighted by molar-refractivity contribution is 0.0695. The highest BCUT2D eigenvalue weighted by Crippen LogP contribution is 2.34. The fourth-order valence-electron chi connectivity index (χ4n) is 9.38. The molecule has 0 spiro atoms. The lowest BCUT2D eigenvalue weighted by atomic mass is 9.97. The quantitative estimate of drug-likeness (QED) is 0.0371. The Morgan fingerprint density at radius 3 is 1.34 bits per heavy atom. The SMILES string of the molecule is CCN(CC)CCCNc1nc(-c2cccc(C(=O)NCC(C)C)c2C)c2ccc(=O)n(-c3c(F)cccc3F)c2n1.CCN(CC)CCCNc1nc(-c2cccc(C(=O)O)c2C)c2ccc(=O)n(-c3c(F)cccc3F)c2n1. The summed E-state index contributed by atoms with van der Waals surface area (Å²) in [6, 6.07) is 22.4. The number of carbonyl (C=O) groups excluding carboxylic acids is 1. The number of fused-ring (bicyclic) bond motifs is 2. The summed E-state index contributed by atoms with van der Waals surface area (Å²) in [5, 5.41) is 19.8. The molecule has 0 saturated carbocycles. The van der Waals surface area contributed by atoms with Crippen molar-refractivity contribution in [2.75, 3.05) is 69.5 Å². The van der Waals surface area contributed by atoms with Crippen LogP contribution in [-0.4, -0.2) is 115 Å². The van der Waals surface area contributed by atoms with Gasteiger partial charge in [0.2, 0.25) is 11.9 Å². The van der Waals surface area contributed by atoms with E-state index in [4.69, 9.17) is 4.98 Å². The number of pyridine rings is 2. The highest BCUT2D eigenvalue weighted by atomic mass is 19.1. The summed E-state index contributed by atoms with van der Waals surface area (Å²) in [7, 11) is 0. The third-order valence-electron chi connectivity index (χ3n) is 13.8. The number of para-hydroxylation sites is 2. The van der Waals surface area contributed by atoms with E-state index in [-0.39, 0.29) is 40.6 Å². The predicted molar refractivity (Wildman–Crippen MR) is 306 cm³/mol. The number of amides is 1. The van der Waals surface area contributed by atoms with Crippen molar-refractivity contribution < 1.29 is 32.3 Å². The maximum Gasteiger partial charge on any atom is 0.335 e. The normalized spacial score (nSPS) is 11.4. The first kappa shape index (κ1) is 59.3. The third-order valence-corrected chi connectivity index (χ3v) is 13.8. The van der Waals surface area contributed by atoms with Crippen molar-refractivity contribution in [1.29, 1.82) is 0 Å². The molecule has 0 bridgehead atoms. The third kappa shape index (κ3) is 13.4. The first-order valence-corrected chi connectivity index (χ1v) is 26.8. The van der Waals surface area contributed by atoms with Crippen molar-refractivity contribution >= 4 is 45.8 Å². The Hall–Kier alpha value is -8.36. The van der Waals surface area contributed by atoms with E-state index < -0.39 is 51.7 Å². The van der Waals surface area contributed by atoms with Gasteiger partial charge in [0.05, 0.1) is 17.0 Å². The van der Waals surface area contributed by atoms with Gasteiger partial charge in [-0.3, -0.25) is 23.5 Å². The average Bonchev–Trinajstić information content (AvgIpc) is 3.55. The molecule has 0 unspecified atom stereocenters. The first-order valence-electron chi connectivity index (χ1n) is 26.8. The molecule has 20 heteroatoms. The molecular weight excluding hydrogens is 1030 g/mol. The van der Waals surface area contributed by atoms with Crippen LogP contribution in [0.2, 0.25) is 0 Å². The summed E-state index contributed by atoms with van der Waals surface area (Å²) in [6.45, 7) is 23.0. The molecule has 4 heterocycles. The minimum Gasteiger partial charge on any atom is -0.478 e. The molecule has 4 N–H and O–H groups in total. The molecule has 1 amide bonds. The van der Waals surface area contributed by atoms with E-state index in [1.807, 2.05) is 26.8 Å². The number of nitrogens with zero attached hydrogens (tertiary/aromatic N) is 8. The van der Waals surface area contributed by atoms with Gasteiger partial charge in [-0.2, -0.15) is 9.97 Å². The van der Waals surface area contributed by atoms with Crippen LogP contribution in [0.1, 0.15) is 86.2 Å². The monoisotopic (exact) mass is 1100 g/mol. The van der Waals surface area contributed by atoms with E-state index in [0.717, 1.165) is 85.5 Å². The van der Waals surface area contributed by atoms with Crippen LogP contribution in [0.4, 0.5) is 29.5 Å². The summed E-state index contributed by atoms with van der Waals surface area (Å²) in [6.07, 6.45) is 1.60. The van der Waals surface area contributed by atoms with E-state index in [9.17, 15) is 41.8 Å². The van der Waals surface area contributed by atoms with Gasteiger partial charge in [0.1, 0.15) is 34.6 Å².